The van der Waals surface area contributed by atoms with Crippen molar-refractivity contribution in [2.24, 2.45) is 0 Å². The molecule has 1 unspecified atom stereocenters. The van der Waals surface area contributed by atoms with E-state index in [2.05, 4.69) is 0 Å². The molecule has 5 nitrogen and oxygen atoms in total. The van der Waals surface area contributed by atoms with Gasteiger partial charge in [0.2, 0.25) is 0 Å². The van der Waals surface area contributed by atoms with Crippen LogP contribution in [0.25, 0.3) is 11.1 Å². The molecule has 1 aliphatic carbocycles. The van der Waals surface area contributed by atoms with Gasteiger partial charge in [0.25, 0.3) is 5.69 Å². The predicted octanol–water partition coefficient (Wildman–Crippen LogP) is 2.50. The molecule has 0 aliphatic heterocycles. The molecule has 0 aromatic heterocycles. The number of rotatable bonds is 4. The number of methoxy groups -OCH3 is 1. The second-order valence-electron chi connectivity index (χ2n) is 5.21. The van der Waals surface area contributed by atoms with E-state index in [0.717, 1.165) is 22.3 Å². The minimum atomic E-state index is -0.743. The second-order valence-corrected chi connectivity index (χ2v) is 5.21. The molecule has 21 heavy (non-hydrogen) atoms. The van der Waals surface area contributed by atoms with Crippen molar-refractivity contribution in [1.29, 1.82) is 0 Å². The molecular formula is C16H15NO4. The van der Waals surface area contributed by atoms with Gasteiger partial charge in [-0.05, 0) is 28.3 Å². The number of nitro groups is 1. The normalized spacial score (nSPS) is 19.1. The second kappa shape index (κ2) is 4.95. The van der Waals surface area contributed by atoms with Crippen LogP contribution in [0.1, 0.15) is 11.1 Å². The molecule has 0 radical (unpaired) electrons. The lowest BCUT2D eigenvalue weighted by Gasteiger charge is -2.28. The summed E-state index contributed by atoms with van der Waals surface area (Å²) in [6.07, 6.45) is 0. The summed E-state index contributed by atoms with van der Waals surface area (Å²) in [5.74, 6) is 0. The van der Waals surface area contributed by atoms with Crippen LogP contribution in [0.4, 0.5) is 5.69 Å². The van der Waals surface area contributed by atoms with E-state index in [1.54, 1.807) is 19.2 Å². The Morgan fingerprint density at radius 2 is 1.90 bits per heavy atom. The summed E-state index contributed by atoms with van der Waals surface area (Å²) in [4.78, 5) is 10.6. The van der Waals surface area contributed by atoms with Crippen molar-refractivity contribution in [2.45, 2.75) is 5.41 Å². The van der Waals surface area contributed by atoms with Crippen LogP contribution in [0.5, 0.6) is 0 Å². The zero-order chi connectivity index (χ0) is 15.0. The smallest absolute Gasteiger partial charge is 0.269 e. The Morgan fingerprint density at radius 1 is 1.19 bits per heavy atom. The van der Waals surface area contributed by atoms with Gasteiger partial charge < -0.3 is 9.84 Å². The zero-order valence-corrected chi connectivity index (χ0v) is 11.6. The fraction of sp³-hybridized carbons (Fsp3) is 0.250. The first-order valence-corrected chi connectivity index (χ1v) is 6.62. The minimum Gasteiger partial charge on any atom is -0.395 e. The molecule has 0 saturated carbocycles. The van der Waals surface area contributed by atoms with E-state index in [1.165, 1.54) is 6.07 Å². The molecule has 1 N–H and O–H groups in total. The highest BCUT2D eigenvalue weighted by Crippen LogP contribution is 2.49. The molecule has 0 saturated heterocycles. The molecule has 3 rings (SSSR count). The topological polar surface area (TPSA) is 72.6 Å². The van der Waals surface area contributed by atoms with E-state index in [1.807, 2.05) is 24.3 Å². The summed E-state index contributed by atoms with van der Waals surface area (Å²) in [7, 11) is 1.56. The van der Waals surface area contributed by atoms with E-state index >= 15 is 0 Å². The van der Waals surface area contributed by atoms with E-state index in [4.69, 9.17) is 4.74 Å². The van der Waals surface area contributed by atoms with Crippen molar-refractivity contribution < 1.29 is 14.8 Å². The number of fused-ring (bicyclic) bond motifs is 3. The van der Waals surface area contributed by atoms with Crippen LogP contribution < -0.4 is 0 Å². The Hall–Kier alpha value is -2.24. The van der Waals surface area contributed by atoms with Gasteiger partial charge in [0.1, 0.15) is 0 Å². The molecule has 0 spiro atoms. The highest BCUT2D eigenvalue weighted by atomic mass is 16.6. The van der Waals surface area contributed by atoms with Gasteiger partial charge in [-0.25, -0.2) is 0 Å². The summed E-state index contributed by atoms with van der Waals surface area (Å²) in [6, 6.07) is 12.5. The molecule has 0 heterocycles. The first-order chi connectivity index (χ1) is 10.1. The third kappa shape index (κ3) is 1.86. The maximum Gasteiger partial charge on any atom is 0.269 e. The molecule has 0 bridgehead atoms. The zero-order valence-electron chi connectivity index (χ0n) is 11.6. The highest BCUT2D eigenvalue weighted by Gasteiger charge is 2.43. The first-order valence-electron chi connectivity index (χ1n) is 6.62. The third-order valence-corrected chi connectivity index (χ3v) is 4.12. The fourth-order valence-corrected chi connectivity index (χ4v) is 3.17. The number of hydrogen-bond donors (Lipinski definition) is 1. The average molecular weight is 285 g/mol. The van der Waals surface area contributed by atoms with Crippen LogP contribution >= 0.6 is 0 Å². The van der Waals surface area contributed by atoms with E-state index < -0.39 is 10.3 Å². The van der Waals surface area contributed by atoms with Gasteiger partial charge in [-0.15, -0.1) is 0 Å². The minimum absolute atomic E-state index is 0.0236. The van der Waals surface area contributed by atoms with Crippen molar-refractivity contribution in [2.75, 3.05) is 20.3 Å². The maximum absolute atomic E-state index is 11.0. The molecular weight excluding hydrogens is 270 g/mol. The first kappa shape index (κ1) is 13.7. The van der Waals surface area contributed by atoms with Crippen molar-refractivity contribution in [3.05, 3.63) is 63.7 Å². The number of hydrogen-bond acceptors (Lipinski definition) is 4. The van der Waals surface area contributed by atoms with Gasteiger partial charge in [0.05, 0.1) is 23.6 Å². The summed E-state index contributed by atoms with van der Waals surface area (Å²) in [5.41, 5.74) is 2.89. The maximum atomic E-state index is 11.0. The largest absolute Gasteiger partial charge is 0.395 e. The van der Waals surface area contributed by atoms with Crippen molar-refractivity contribution >= 4 is 5.69 Å². The number of aliphatic hydroxyl groups excluding tert-OH is 1. The lowest BCUT2D eigenvalue weighted by molar-refractivity contribution is -0.384. The monoisotopic (exact) mass is 285 g/mol. The number of ether oxygens (including phenoxy) is 1. The predicted molar refractivity (Wildman–Crippen MR) is 78.3 cm³/mol. The van der Waals surface area contributed by atoms with Crippen LogP contribution in [0.3, 0.4) is 0 Å². The Morgan fingerprint density at radius 3 is 2.57 bits per heavy atom. The molecule has 2 aromatic rings. The Kier molecular flexibility index (Phi) is 3.23. The molecule has 1 aliphatic rings. The van der Waals surface area contributed by atoms with Crippen molar-refractivity contribution in [1.82, 2.24) is 0 Å². The summed E-state index contributed by atoms with van der Waals surface area (Å²) < 4.78 is 5.30. The lowest BCUT2D eigenvalue weighted by Crippen LogP contribution is -2.34. The summed E-state index contributed by atoms with van der Waals surface area (Å²) >= 11 is 0. The van der Waals surface area contributed by atoms with Crippen LogP contribution in [0.15, 0.2) is 42.5 Å². The average Bonchev–Trinajstić information content (AvgIpc) is 2.78. The van der Waals surface area contributed by atoms with Crippen LogP contribution in [-0.2, 0) is 10.2 Å². The van der Waals surface area contributed by atoms with Crippen molar-refractivity contribution in [3.8, 4) is 11.1 Å². The van der Waals surface area contributed by atoms with Crippen molar-refractivity contribution in [3.63, 3.8) is 0 Å². The van der Waals surface area contributed by atoms with E-state index in [0.29, 0.717) is 0 Å². The van der Waals surface area contributed by atoms with Crippen LogP contribution in [-0.4, -0.2) is 30.4 Å². The molecule has 2 aromatic carbocycles. The van der Waals surface area contributed by atoms with Gasteiger partial charge in [-0.2, -0.15) is 0 Å². The standard InChI is InChI=1S/C16H15NO4/c1-21-10-16(9-18)14-5-3-2-4-12(14)13-7-6-11(17(19)20)8-15(13)16/h2-8,18H,9-10H2,1H3. The fourth-order valence-electron chi connectivity index (χ4n) is 3.17. The quantitative estimate of drug-likeness (QED) is 0.692. The van der Waals surface area contributed by atoms with Crippen LogP contribution in [0, 0.1) is 10.1 Å². The van der Waals surface area contributed by atoms with Gasteiger partial charge in [0, 0.05) is 19.2 Å². The molecule has 0 fully saturated rings. The van der Waals surface area contributed by atoms with E-state index in [-0.39, 0.29) is 18.9 Å². The number of aliphatic hydroxyl groups is 1. The molecule has 1 atom stereocenters. The van der Waals surface area contributed by atoms with E-state index in [9.17, 15) is 15.2 Å². The lowest BCUT2D eigenvalue weighted by atomic mass is 9.79. The highest BCUT2D eigenvalue weighted by molar-refractivity contribution is 5.82. The Labute approximate surface area is 122 Å². The molecule has 108 valence electrons. The van der Waals surface area contributed by atoms with Gasteiger partial charge in [0.15, 0.2) is 0 Å². The van der Waals surface area contributed by atoms with Gasteiger partial charge >= 0.3 is 0 Å². The SMILES string of the molecule is COCC1(CO)c2ccccc2-c2ccc([N+](=O)[O-])cc21. The van der Waals surface area contributed by atoms with Gasteiger partial charge in [-0.3, -0.25) is 10.1 Å². The number of benzene rings is 2. The Bertz CT molecular complexity index is 713. The van der Waals surface area contributed by atoms with Crippen LogP contribution in [0.2, 0.25) is 0 Å². The third-order valence-electron chi connectivity index (χ3n) is 4.12. The summed E-state index contributed by atoms with van der Waals surface area (Å²) in [5, 5.41) is 21.1. The number of nitro benzene ring substituents is 1. The number of non-ortho nitro benzene ring substituents is 1. The molecule has 5 heteroatoms. The summed E-state index contributed by atoms with van der Waals surface area (Å²) in [6.45, 7) is 0.112. The number of nitrogens with zero attached hydrogens (tertiary/aromatic N) is 1. The molecule has 0 amide bonds. The Balaban J connectivity index is 2.31. The van der Waals surface area contributed by atoms with Gasteiger partial charge in [-0.1, -0.05) is 24.3 Å².